The second-order valence-corrected chi connectivity index (χ2v) is 10.9. The number of fused-ring (bicyclic) bond motifs is 3. The van der Waals surface area contributed by atoms with Gasteiger partial charge in [-0.3, -0.25) is 20.4 Å². The average molecular weight is 544 g/mol. The highest BCUT2D eigenvalue weighted by atomic mass is 35.5. The molecule has 3 atom stereocenters. The number of hydrogen-bond acceptors (Lipinski definition) is 6. The molecule has 9 heteroatoms. The maximum Gasteiger partial charge on any atom is 0.412 e. The summed E-state index contributed by atoms with van der Waals surface area (Å²) in [6.07, 6.45) is 0.505. The fraction of sp³-hybridized carbons (Fsp3) is 0.300. The predicted molar refractivity (Wildman–Crippen MR) is 151 cm³/mol. The van der Waals surface area contributed by atoms with Crippen LogP contribution in [-0.4, -0.2) is 41.9 Å². The highest BCUT2D eigenvalue weighted by Crippen LogP contribution is 2.44. The molecule has 2 amide bonds. The van der Waals surface area contributed by atoms with Gasteiger partial charge in [-0.1, -0.05) is 60.1 Å². The zero-order chi connectivity index (χ0) is 27.1. The van der Waals surface area contributed by atoms with Crippen LogP contribution in [0, 0.1) is 0 Å². The van der Waals surface area contributed by atoms with Crippen molar-refractivity contribution in [3.8, 4) is 0 Å². The molecule has 6 rings (SSSR count). The van der Waals surface area contributed by atoms with E-state index in [9.17, 15) is 9.59 Å². The molecule has 0 aliphatic carbocycles. The Hall–Kier alpha value is -3.88. The van der Waals surface area contributed by atoms with E-state index in [1.165, 1.54) is 0 Å². The van der Waals surface area contributed by atoms with E-state index in [1.807, 2.05) is 48.5 Å². The summed E-state index contributed by atoms with van der Waals surface area (Å²) in [5, 5.41) is 6.89. The normalized spacial score (nSPS) is 21.0. The molecule has 200 valence electrons. The average Bonchev–Trinajstić information content (AvgIpc) is 3.52. The van der Waals surface area contributed by atoms with Gasteiger partial charge in [0.15, 0.2) is 5.60 Å². The molecular weight excluding hydrogens is 514 g/mol. The van der Waals surface area contributed by atoms with Crippen molar-refractivity contribution in [3.63, 3.8) is 0 Å². The van der Waals surface area contributed by atoms with Crippen molar-refractivity contribution in [2.75, 3.05) is 18.4 Å². The first kappa shape index (κ1) is 25.4. The fourth-order valence-corrected chi connectivity index (χ4v) is 6.02. The Labute approximate surface area is 232 Å². The molecule has 0 saturated carbocycles. The number of carbonyl (C=O) groups is 2. The second-order valence-electron chi connectivity index (χ2n) is 10.5. The maximum absolute atomic E-state index is 14.1. The van der Waals surface area contributed by atoms with Gasteiger partial charge >= 0.3 is 6.09 Å². The molecule has 3 aromatic rings. The van der Waals surface area contributed by atoms with Crippen molar-refractivity contribution in [1.82, 2.24) is 10.2 Å². The van der Waals surface area contributed by atoms with Crippen LogP contribution in [-0.2, 0) is 28.1 Å². The lowest BCUT2D eigenvalue weighted by molar-refractivity contribution is -0.133. The minimum Gasteiger partial charge on any atom is -0.436 e. The van der Waals surface area contributed by atoms with E-state index < -0.39 is 17.7 Å². The van der Waals surface area contributed by atoms with Crippen molar-refractivity contribution >= 4 is 35.1 Å². The van der Waals surface area contributed by atoms with Gasteiger partial charge in [0.25, 0.3) is 0 Å². The van der Waals surface area contributed by atoms with Crippen molar-refractivity contribution in [1.29, 1.82) is 0 Å². The van der Waals surface area contributed by atoms with Gasteiger partial charge in [0.2, 0.25) is 5.91 Å². The van der Waals surface area contributed by atoms with Gasteiger partial charge < -0.3 is 15.4 Å². The lowest BCUT2D eigenvalue weighted by Crippen LogP contribution is -2.49. The minimum atomic E-state index is -0.930. The Balaban J connectivity index is 1.25. The van der Waals surface area contributed by atoms with E-state index in [2.05, 4.69) is 28.6 Å². The lowest BCUT2D eigenvalue weighted by Gasteiger charge is -2.36. The van der Waals surface area contributed by atoms with Crippen LogP contribution < -0.4 is 16.4 Å². The zero-order valence-corrected chi connectivity index (χ0v) is 22.4. The summed E-state index contributed by atoms with van der Waals surface area (Å²) in [6.45, 7) is 3.37. The highest BCUT2D eigenvalue weighted by Gasteiger charge is 2.49. The number of benzene rings is 3. The van der Waals surface area contributed by atoms with Crippen LogP contribution >= 0.6 is 11.6 Å². The summed E-state index contributed by atoms with van der Waals surface area (Å²) in [5.74, 6) is 0.535. The number of ether oxygens (including phenoxy) is 1. The number of anilines is 1. The number of aliphatic imine (C=N–C) groups is 1. The van der Waals surface area contributed by atoms with Crippen LogP contribution in [0.2, 0.25) is 5.02 Å². The number of rotatable bonds is 6. The molecule has 2 unspecified atom stereocenters. The Kier molecular flexibility index (Phi) is 6.53. The van der Waals surface area contributed by atoms with Crippen molar-refractivity contribution in [3.05, 3.63) is 99.6 Å². The number of nitrogens with zero attached hydrogens (tertiary/aromatic N) is 2. The summed E-state index contributed by atoms with van der Waals surface area (Å²) in [6, 6.07) is 20.9. The van der Waals surface area contributed by atoms with Gasteiger partial charge in [0.1, 0.15) is 5.84 Å². The first-order valence-corrected chi connectivity index (χ1v) is 13.5. The van der Waals surface area contributed by atoms with Gasteiger partial charge in [-0.05, 0) is 48.2 Å². The third-order valence-electron chi connectivity index (χ3n) is 7.90. The summed E-state index contributed by atoms with van der Waals surface area (Å²) >= 11 is 6.30. The van der Waals surface area contributed by atoms with Crippen LogP contribution in [0.5, 0.6) is 0 Å². The topological polar surface area (TPSA) is 109 Å². The van der Waals surface area contributed by atoms with E-state index in [0.29, 0.717) is 42.5 Å². The number of amides is 2. The Morgan fingerprint density at radius 3 is 2.85 bits per heavy atom. The summed E-state index contributed by atoms with van der Waals surface area (Å²) in [5.41, 5.74) is 10.7. The minimum absolute atomic E-state index is 0.0329. The number of hydrogen-bond donors (Lipinski definition) is 3. The molecule has 3 heterocycles. The molecule has 8 nitrogen and oxygen atoms in total. The fourth-order valence-electron chi connectivity index (χ4n) is 5.85. The Morgan fingerprint density at radius 1 is 1.21 bits per heavy atom. The van der Waals surface area contributed by atoms with Gasteiger partial charge in [-0.2, -0.15) is 0 Å². The molecule has 0 aromatic heterocycles. The smallest absolute Gasteiger partial charge is 0.412 e. The molecule has 39 heavy (non-hydrogen) atoms. The molecule has 3 aliphatic heterocycles. The number of amidine groups is 1. The van der Waals surface area contributed by atoms with Crippen LogP contribution in [0.15, 0.2) is 71.7 Å². The van der Waals surface area contributed by atoms with Crippen LogP contribution in [0.4, 0.5) is 10.5 Å². The number of nitrogens with one attached hydrogen (secondary N) is 2. The van der Waals surface area contributed by atoms with E-state index in [4.69, 9.17) is 22.1 Å². The number of nitrogens with two attached hydrogens (primary N) is 1. The molecule has 0 bridgehead atoms. The summed E-state index contributed by atoms with van der Waals surface area (Å²) in [4.78, 5) is 32.6. The van der Waals surface area contributed by atoms with Crippen LogP contribution in [0.25, 0.3) is 0 Å². The summed E-state index contributed by atoms with van der Waals surface area (Å²) in [7, 11) is 0. The molecule has 4 N–H and O–H groups in total. The van der Waals surface area contributed by atoms with Crippen LogP contribution in [0.1, 0.15) is 47.2 Å². The Bertz CT molecular complexity index is 1480. The van der Waals surface area contributed by atoms with E-state index in [-0.39, 0.29) is 18.5 Å². The van der Waals surface area contributed by atoms with Crippen molar-refractivity contribution in [2.45, 2.75) is 44.0 Å². The number of likely N-dealkylation sites (tertiary alicyclic amines) is 1. The first-order valence-electron chi connectivity index (χ1n) is 13.1. The predicted octanol–water partition coefficient (Wildman–Crippen LogP) is 4.51. The van der Waals surface area contributed by atoms with Gasteiger partial charge in [-0.25, -0.2) is 4.79 Å². The molecule has 1 saturated heterocycles. The quantitative estimate of drug-likeness (QED) is 0.424. The highest BCUT2D eigenvalue weighted by molar-refractivity contribution is 6.30. The van der Waals surface area contributed by atoms with Gasteiger partial charge in [0, 0.05) is 35.2 Å². The van der Waals surface area contributed by atoms with Gasteiger partial charge in [0.05, 0.1) is 24.8 Å². The van der Waals surface area contributed by atoms with Crippen LogP contribution in [0.3, 0.4) is 0 Å². The zero-order valence-electron chi connectivity index (χ0n) is 21.6. The standard InChI is InChI=1S/C30H30ClN5O3/c1-18(20-7-9-23-21(14-20)16-33-27(23)32)34-26(13-19-5-3-2-4-6-19)28(37)36-12-11-30(17-36)24-15-22(31)8-10-25(24)35-29(38)39-30/h2-10,14-15,18,26,34H,11-13,16-17H2,1H3,(H2,32,33)(H,35,38)/t18?,26-,30?/m0/s1. The molecule has 1 fully saturated rings. The molecule has 1 spiro atoms. The Morgan fingerprint density at radius 2 is 2.03 bits per heavy atom. The lowest BCUT2D eigenvalue weighted by atomic mass is 9.90. The number of halogens is 1. The summed E-state index contributed by atoms with van der Waals surface area (Å²) < 4.78 is 5.85. The third kappa shape index (κ3) is 4.86. The molecule has 3 aliphatic rings. The third-order valence-corrected chi connectivity index (χ3v) is 8.13. The molecule has 0 radical (unpaired) electrons. The van der Waals surface area contributed by atoms with Crippen molar-refractivity contribution in [2.24, 2.45) is 10.7 Å². The first-order chi connectivity index (χ1) is 18.8. The van der Waals surface area contributed by atoms with Crippen molar-refractivity contribution < 1.29 is 14.3 Å². The number of carbonyl (C=O) groups excluding carboxylic acids is 2. The van der Waals surface area contributed by atoms with E-state index >= 15 is 0 Å². The van der Waals surface area contributed by atoms with E-state index in [1.54, 1.807) is 17.0 Å². The van der Waals surface area contributed by atoms with Gasteiger partial charge in [-0.15, -0.1) is 0 Å². The second kappa shape index (κ2) is 10.0. The SMILES string of the molecule is CC(N[C@@H](Cc1ccccc1)C(=O)N1CCC2(C1)OC(=O)Nc1ccc(Cl)cc12)c1ccc2c(c1)CN=C2N. The largest absolute Gasteiger partial charge is 0.436 e. The maximum atomic E-state index is 14.1. The molecular formula is C30H30ClN5O3. The molecule has 3 aromatic carbocycles. The van der Waals surface area contributed by atoms with E-state index in [0.717, 1.165) is 27.8 Å². The monoisotopic (exact) mass is 543 g/mol.